The minimum Gasteiger partial charge on any atom is -0.399 e. The number of rotatable bonds is 7. The smallest absolute Gasteiger partial charge is 0.140 e. The number of nitrogen functional groups attached to an aromatic ring is 1. The van der Waals surface area contributed by atoms with Gasteiger partial charge in [-0.05, 0) is 37.5 Å². The highest BCUT2D eigenvalue weighted by atomic mass is 16.1. The Hall–Kier alpha value is -1.64. The molecule has 0 aliphatic heterocycles. The fraction of sp³-hybridized carbons (Fsp3) is 0.467. The van der Waals surface area contributed by atoms with E-state index in [1.54, 1.807) is 6.92 Å². The highest BCUT2D eigenvalue weighted by Gasteiger charge is 2.13. The van der Waals surface area contributed by atoms with Crippen LogP contribution in [0.15, 0.2) is 24.3 Å². The van der Waals surface area contributed by atoms with Gasteiger partial charge in [-0.3, -0.25) is 4.79 Å². The minimum absolute atomic E-state index is 0.0157. The molecule has 0 unspecified atom stereocenters. The average Bonchev–Trinajstić information content (AvgIpc) is 2.31. The van der Waals surface area contributed by atoms with E-state index in [0.717, 1.165) is 18.4 Å². The van der Waals surface area contributed by atoms with Crippen LogP contribution in [0.5, 0.6) is 0 Å². The molecule has 0 amide bonds. The average molecular weight is 247 g/mol. The van der Waals surface area contributed by atoms with Crippen LogP contribution in [0.25, 0.3) is 0 Å². The molecule has 1 rings (SSSR count). The van der Waals surface area contributed by atoms with Gasteiger partial charge in [0.2, 0.25) is 0 Å². The fourth-order valence-corrected chi connectivity index (χ4v) is 1.83. The van der Waals surface area contributed by atoms with Crippen molar-refractivity contribution < 1.29 is 9.59 Å². The minimum atomic E-state index is 0.0157. The number of hydrogen-bond donors (Lipinski definition) is 1. The first kappa shape index (κ1) is 14.4. The van der Waals surface area contributed by atoms with E-state index in [-0.39, 0.29) is 17.5 Å². The lowest BCUT2D eigenvalue weighted by Crippen LogP contribution is -2.14. The molecule has 0 bridgehead atoms. The molecule has 1 aromatic rings. The normalized spacial score (nSPS) is 12.1. The van der Waals surface area contributed by atoms with Gasteiger partial charge < -0.3 is 10.5 Å². The third-order valence-electron chi connectivity index (χ3n) is 3.07. The molecule has 1 atom stereocenters. The Labute approximate surface area is 108 Å². The molecule has 0 fully saturated rings. The zero-order valence-corrected chi connectivity index (χ0v) is 11.1. The molecule has 98 valence electrons. The second-order valence-electron chi connectivity index (χ2n) is 4.88. The van der Waals surface area contributed by atoms with Gasteiger partial charge in [-0.25, -0.2) is 0 Å². The topological polar surface area (TPSA) is 60.2 Å². The Kier molecular flexibility index (Phi) is 5.56. The van der Waals surface area contributed by atoms with Crippen molar-refractivity contribution in [2.75, 3.05) is 5.73 Å². The Bertz CT molecular complexity index is 409. The summed E-state index contributed by atoms with van der Waals surface area (Å²) in [5.74, 6) is 0.429. The first-order valence-electron chi connectivity index (χ1n) is 6.35. The van der Waals surface area contributed by atoms with Crippen molar-refractivity contribution >= 4 is 17.3 Å². The van der Waals surface area contributed by atoms with Gasteiger partial charge in [-0.15, -0.1) is 0 Å². The molecule has 0 aliphatic carbocycles. The maximum atomic E-state index is 12.0. The number of hydrogen-bond acceptors (Lipinski definition) is 3. The molecule has 0 saturated heterocycles. The molecule has 1 aromatic carbocycles. The van der Waals surface area contributed by atoms with Gasteiger partial charge in [0.05, 0.1) is 0 Å². The van der Waals surface area contributed by atoms with E-state index >= 15 is 0 Å². The monoisotopic (exact) mass is 247 g/mol. The first-order valence-corrected chi connectivity index (χ1v) is 6.35. The van der Waals surface area contributed by atoms with Gasteiger partial charge >= 0.3 is 0 Å². The molecular weight excluding hydrogens is 226 g/mol. The van der Waals surface area contributed by atoms with Crippen LogP contribution in [-0.4, -0.2) is 11.6 Å². The number of benzene rings is 1. The third kappa shape index (κ3) is 5.13. The molecule has 2 N–H and O–H groups in total. The van der Waals surface area contributed by atoms with Crippen molar-refractivity contribution in [3.63, 3.8) is 0 Å². The predicted octanol–water partition coefficient (Wildman–Crippen LogP) is 2.78. The molecule has 0 heterocycles. The van der Waals surface area contributed by atoms with Crippen molar-refractivity contribution in [2.24, 2.45) is 5.92 Å². The van der Waals surface area contributed by atoms with E-state index in [2.05, 4.69) is 0 Å². The van der Waals surface area contributed by atoms with Crippen molar-refractivity contribution in [3.05, 3.63) is 29.8 Å². The fourth-order valence-electron chi connectivity index (χ4n) is 1.83. The van der Waals surface area contributed by atoms with E-state index in [1.807, 2.05) is 31.2 Å². The predicted molar refractivity (Wildman–Crippen MR) is 73.3 cm³/mol. The summed E-state index contributed by atoms with van der Waals surface area (Å²) in [6, 6.07) is 7.39. The van der Waals surface area contributed by atoms with Crippen molar-refractivity contribution in [3.8, 4) is 0 Å². The summed E-state index contributed by atoms with van der Waals surface area (Å²) in [7, 11) is 0. The SMILES string of the molecule is CC(=O)CCC[C@@H](C)C(=O)Cc1ccc(N)cc1. The Morgan fingerprint density at radius 1 is 1.22 bits per heavy atom. The summed E-state index contributed by atoms with van der Waals surface area (Å²) in [4.78, 5) is 22.8. The molecule has 3 heteroatoms. The maximum Gasteiger partial charge on any atom is 0.140 e. The van der Waals surface area contributed by atoms with Gasteiger partial charge in [0, 0.05) is 24.4 Å². The summed E-state index contributed by atoms with van der Waals surface area (Å²) in [5, 5.41) is 0. The van der Waals surface area contributed by atoms with Crippen molar-refractivity contribution in [1.29, 1.82) is 0 Å². The van der Waals surface area contributed by atoms with Gasteiger partial charge in [0.15, 0.2) is 0 Å². The summed E-state index contributed by atoms with van der Waals surface area (Å²) in [6.07, 6.45) is 2.60. The third-order valence-corrected chi connectivity index (χ3v) is 3.07. The van der Waals surface area contributed by atoms with Gasteiger partial charge in [-0.1, -0.05) is 19.1 Å². The summed E-state index contributed by atoms with van der Waals surface area (Å²) >= 11 is 0. The maximum absolute atomic E-state index is 12.0. The van der Waals surface area contributed by atoms with Gasteiger partial charge in [0.25, 0.3) is 0 Å². The number of carbonyl (C=O) groups excluding carboxylic acids is 2. The Morgan fingerprint density at radius 2 is 1.83 bits per heavy atom. The molecule has 0 saturated carbocycles. The van der Waals surface area contributed by atoms with Crippen LogP contribution in [0, 0.1) is 5.92 Å². The van der Waals surface area contributed by atoms with Crippen LogP contribution in [0.1, 0.15) is 38.7 Å². The van der Waals surface area contributed by atoms with Crippen LogP contribution < -0.4 is 5.73 Å². The number of Topliss-reactive ketones (excluding diaryl/α,β-unsaturated/α-hetero) is 2. The lowest BCUT2D eigenvalue weighted by molar-refractivity contribution is -0.122. The molecule has 0 aliphatic rings. The first-order chi connectivity index (χ1) is 8.49. The molecule has 0 radical (unpaired) electrons. The molecule has 18 heavy (non-hydrogen) atoms. The Morgan fingerprint density at radius 3 is 2.39 bits per heavy atom. The van der Waals surface area contributed by atoms with E-state index < -0.39 is 0 Å². The highest BCUT2D eigenvalue weighted by Crippen LogP contribution is 2.14. The van der Waals surface area contributed by atoms with Gasteiger partial charge in [-0.2, -0.15) is 0 Å². The second-order valence-corrected chi connectivity index (χ2v) is 4.88. The standard InChI is InChI=1S/C15H21NO2/c1-11(4-3-5-12(2)17)15(18)10-13-6-8-14(16)9-7-13/h6-9,11H,3-5,10,16H2,1-2H3/t11-/m1/s1. The summed E-state index contributed by atoms with van der Waals surface area (Å²) < 4.78 is 0. The quantitative estimate of drug-likeness (QED) is 0.754. The van der Waals surface area contributed by atoms with Crippen molar-refractivity contribution in [1.82, 2.24) is 0 Å². The number of anilines is 1. The van der Waals surface area contributed by atoms with Crippen LogP contribution in [0.4, 0.5) is 5.69 Å². The van der Waals surface area contributed by atoms with Crippen molar-refractivity contribution in [2.45, 2.75) is 39.5 Å². The zero-order valence-electron chi connectivity index (χ0n) is 11.1. The van der Waals surface area contributed by atoms with Crippen LogP contribution in [0.2, 0.25) is 0 Å². The number of ketones is 2. The molecular formula is C15H21NO2. The van der Waals surface area contributed by atoms with Gasteiger partial charge in [0.1, 0.15) is 11.6 Å². The lowest BCUT2D eigenvalue weighted by Gasteiger charge is -2.10. The lowest BCUT2D eigenvalue weighted by atomic mass is 9.94. The summed E-state index contributed by atoms with van der Waals surface area (Å²) in [6.45, 7) is 3.51. The molecule has 3 nitrogen and oxygen atoms in total. The van der Waals surface area contributed by atoms with E-state index in [0.29, 0.717) is 18.5 Å². The number of carbonyl (C=O) groups is 2. The van der Waals surface area contributed by atoms with E-state index in [4.69, 9.17) is 5.73 Å². The molecule has 0 spiro atoms. The van der Waals surface area contributed by atoms with E-state index in [9.17, 15) is 9.59 Å². The molecule has 0 aromatic heterocycles. The van der Waals surface area contributed by atoms with Crippen LogP contribution in [0.3, 0.4) is 0 Å². The number of nitrogens with two attached hydrogens (primary N) is 1. The zero-order chi connectivity index (χ0) is 13.5. The second kappa shape index (κ2) is 6.94. The Balaban J connectivity index is 2.39. The van der Waals surface area contributed by atoms with Crippen LogP contribution >= 0.6 is 0 Å². The largest absolute Gasteiger partial charge is 0.399 e. The van der Waals surface area contributed by atoms with Crippen LogP contribution in [-0.2, 0) is 16.0 Å². The summed E-state index contributed by atoms with van der Waals surface area (Å²) in [5.41, 5.74) is 7.30. The highest BCUT2D eigenvalue weighted by molar-refractivity contribution is 5.83. The van der Waals surface area contributed by atoms with E-state index in [1.165, 1.54) is 0 Å².